The summed E-state index contributed by atoms with van der Waals surface area (Å²) in [7, 11) is 2.89. The van der Waals surface area contributed by atoms with Gasteiger partial charge in [0.25, 0.3) is 11.5 Å². The Balaban J connectivity index is 1.94. The van der Waals surface area contributed by atoms with Crippen LogP contribution in [0.2, 0.25) is 0 Å². The van der Waals surface area contributed by atoms with Crippen LogP contribution in [0.4, 0.5) is 4.79 Å². The van der Waals surface area contributed by atoms with Gasteiger partial charge in [-0.15, -0.1) is 0 Å². The molecule has 2 aliphatic heterocycles. The predicted molar refractivity (Wildman–Crippen MR) is 80.7 cm³/mol. The van der Waals surface area contributed by atoms with Crippen LogP contribution in [0.1, 0.15) is 12.1 Å². The molecule has 1 aromatic heterocycles. The van der Waals surface area contributed by atoms with Gasteiger partial charge in [0.1, 0.15) is 5.54 Å². The Morgan fingerprint density at radius 1 is 1.23 bits per heavy atom. The van der Waals surface area contributed by atoms with E-state index in [0.717, 1.165) is 15.2 Å². The molecule has 3 amide bonds. The van der Waals surface area contributed by atoms with Crippen LogP contribution < -0.4 is 16.6 Å². The van der Waals surface area contributed by atoms with Crippen LogP contribution in [-0.2, 0) is 25.4 Å². The lowest BCUT2D eigenvalue weighted by atomic mass is 9.99. The van der Waals surface area contributed by atoms with E-state index < -0.39 is 22.8 Å². The number of thioether (sulfide) groups is 1. The number of carbonyl (C=O) groups is 2. The molecule has 0 radical (unpaired) electrons. The Morgan fingerprint density at radius 2 is 1.95 bits per heavy atom. The van der Waals surface area contributed by atoms with Gasteiger partial charge in [0.2, 0.25) is 0 Å². The third kappa shape index (κ3) is 2.07. The summed E-state index contributed by atoms with van der Waals surface area (Å²) in [6.07, 6.45) is 0.605. The molecule has 2 fully saturated rings. The average molecular weight is 324 g/mol. The Hall–Kier alpha value is -2.03. The van der Waals surface area contributed by atoms with Crippen LogP contribution in [0.25, 0.3) is 0 Å². The van der Waals surface area contributed by atoms with E-state index >= 15 is 0 Å². The molecule has 22 heavy (non-hydrogen) atoms. The first-order chi connectivity index (χ1) is 10.4. The smallest absolute Gasteiger partial charge is 0.322 e. The van der Waals surface area contributed by atoms with E-state index in [1.807, 2.05) is 0 Å². The normalized spacial score (nSPS) is 24.4. The zero-order valence-corrected chi connectivity index (χ0v) is 13.1. The van der Waals surface area contributed by atoms with Gasteiger partial charge in [-0.2, -0.15) is 11.8 Å². The maximum absolute atomic E-state index is 12.6. The summed E-state index contributed by atoms with van der Waals surface area (Å²) in [6.45, 7) is -0.0844. The summed E-state index contributed by atoms with van der Waals surface area (Å²) in [5.41, 5.74) is -1.43. The number of rotatable bonds is 2. The van der Waals surface area contributed by atoms with E-state index in [2.05, 4.69) is 5.32 Å². The third-order valence-corrected chi connectivity index (χ3v) is 5.40. The zero-order valence-electron chi connectivity index (χ0n) is 12.3. The van der Waals surface area contributed by atoms with E-state index in [1.54, 1.807) is 11.8 Å². The molecular weight excluding hydrogens is 308 g/mol. The van der Waals surface area contributed by atoms with Gasteiger partial charge in [0, 0.05) is 31.6 Å². The van der Waals surface area contributed by atoms with Gasteiger partial charge in [-0.3, -0.25) is 23.6 Å². The van der Waals surface area contributed by atoms with Gasteiger partial charge in [-0.05, 0) is 12.2 Å². The molecule has 1 atom stereocenters. The van der Waals surface area contributed by atoms with Crippen LogP contribution >= 0.6 is 11.8 Å². The molecule has 1 spiro atoms. The summed E-state index contributed by atoms with van der Waals surface area (Å²) in [6, 6.07) is 0.803. The Kier molecular flexibility index (Phi) is 3.39. The van der Waals surface area contributed by atoms with Crippen molar-refractivity contribution in [2.45, 2.75) is 18.5 Å². The molecule has 0 saturated carbocycles. The molecule has 0 unspecified atom stereocenters. The number of hydrogen-bond acceptors (Lipinski definition) is 5. The minimum absolute atomic E-state index is 0.0844. The van der Waals surface area contributed by atoms with E-state index in [1.165, 1.54) is 24.7 Å². The van der Waals surface area contributed by atoms with Gasteiger partial charge in [0.15, 0.2) is 0 Å². The highest BCUT2D eigenvalue weighted by molar-refractivity contribution is 7.99. The highest BCUT2D eigenvalue weighted by Crippen LogP contribution is 2.33. The Morgan fingerprint density at radius 3 is 2.59 bits per heavy atom. The van der Waals surface area contributed by atoms with Crippen LogP contribution in [0.15, 0.2) is 15.7 Å². The quantitative estimate of drug-likeness (QED) is 0.705. The minimum atomic E-state index is -0.819. The molecule has 3 heterocycles. The third-order valence-electron chi connectivity index (χ3n) is 4.21. The first-order valence-electron chi connectivity index (χ1n) is 6.83. The predicted octanol–water partition coefficient (Wildman–Crippen LogP) is -0.988. The second kappa shape index (κ2) is 5.01. The second-order valence-corrected chi connectivity index (χ2v) is 6.69. The minimum Gasteiger partial charge on any atom is -0.322 e. The Labute approximate surface area is 130 Å². The van der Waals surface area contributed by atoms with Crippen molar-refractivity contribution in [3.63, 3.8) is 0 Å². The molecular formula is C13H16N4O4S. The molecule has 8 nitrogen and oxygen atoms in total. The second-order valence-electron chi connectivity index (χ2n) is 5.58. The van der Waals surface area contributed by atoms with Gasteiger partial charge in [0.05, 0.1) is 6.54 Å². The van der Waals surface area contributed by atoms with Gasteiger partial charge < -0.3 is 5.32 Å². The lowest BCUT2D eigenvalue weighted by Crippen LogP contribution is -2.47. The van der Waals surface area contributed by atoms with Crippen molar-refractivity contribution in [3.05, 3.63) is 32.6 Å². The maximum atomic E-state index is 12.6. The maximum Gasteiger partial charge on any atom is 0.330 e. The van der Waals surface area contributed by atoms with Crippen LogP contribution in [-0.4, -0.2) is 43.0 Å². The number of nitrogens with zero attached hydrogens (tertiary/aromatic N) is 3. The highest BCUT2D eigenvalue weighted by Gasteiger charge is 2.52. The molecule has 2 aliphatic rings. The van der Waals surface area contributed by atoms with Crippen LogP contribution in [0.5, 0.6) is 0 Å². The lowest BCUT2D eigenvalue weighted by molar-refractivity contribution is -0.130. The number of urea groups is 1. The molecule has 9 heteroatoms. The molecule has 1 aromatic rings. The van der Waals surface area contributed by atoms with Crippen LogP contribution in [0, 0.1) is 0 Å². The summed E-state index contributed by atoms with van der Waals surface area (Å²) in [4.78, 5) is 49.4. The zero-order chi connectivity index (χ0) is 16.1. The highest BCUT2D eigenvalue weighted by atomic mass is 32.2. The molecule has 0 aromatic carbocycles. The van der Waals surface area contributed by atoms with E-state index in [9.17, 15) is 19.2 Å². The van der Waals surface area contributed by atoms with Crippen molar-refractivity contribution in [2.24, 2.45) is 14.1 Å². The van der Waals surface area contributed by atoms with Crippen molar-refractivity contribution in [1.29, 1.82) is 0 Å². The van der Waals surface area contributed by atoms with E-state index in [-0.39, 0.29) is 12.5 Å². The number of aromatic nitrogens is 2. The van der Waals surface area contributed by atoms with Gasteiger partial charge >= 0.3 is 11.7 Å². The Bertz CT molecular complexity index is 775. The number of imide groups is 1. The van der Waals surface area contributed by atoms with Crippen molar-refractivity contribution < 1.29 is 9.59 Å². The van der Waals surface area contributed by atoms with E-state index in [0.29, 0.717) is 17.9 Å². The summed E-state index contributed by atoms with van der Waals surface area (Å²) >= 11 is 1.62. The van der Waals surface area contributed by atoms with Crippen molar-refractivity contribution in [2.75, 3.05) is 11.5 Å². The fourth-order valence-corrected chi connectivity index (χ4v) is 4.07. The fraction of sp³-hybridized carbons (Fsp3) is 0.538. The van der Waals surface area contributed by atoms with Crippen molar-refractivity contribution in [1.82, 2.24) is 19.4 Å². The van der Waals surface area contributed by atoms with Crippen molar-refractivity contribution >= 4 is 23.7 Å². The molecule has 0 bridgehead atoms. The largest absolute Gasteiger partial charge is 0.330 e. The SMILES string of the molecule is Cn1c(CN2C(=O)N[C@]3(CCSC3)C2=O)cc(=O)n(C)c1=O. The molecule has 1 N–H and O–H groups in total. The number of amides is 3. The number of hydrogen-bond donors (Lipinski definition) is 1. The first-order valence-corrected chi connectivity index (χ1v) is 7.99. The van der Waals surface area contributed by atoms with Crippen molar-refractivity contribution in [3.8, 4) is 0 Å². The summed E-state index contributed by atoms with van der Waals surface area (Å²) in [5.74, 6) is 1.10. The average Bonchev–Trinajstić information content (AvgIpc) is 3.03. The monoisotopic (exact) mass is 324 g/mol. The molecule has 0 aliphatic carbocycles. The standard InChI is InChI=1S/C13H16N4O4S/c1-15-8(5-9(18)16(2)12(15)21)6-17-10(19)13(14-11(17)20)3-4-22-7-13/h5H,3-4,6-7H2,1-2H3,(H,14,20)/t13-/m0/s1. The number of nitrogens with one attached hydrogen (secondary N) is 1. The summed E-state index contributed by atoms with van der Waals surface area (Å²) < 4.78 is 2.25. The van der Waals surface area contributed by atoms with E-state index in [4.69, 9.17) is 0 Å². The van der Waals surface area contributed by atoms with Gasteiger partial charge in [-0.25, -0.2) is 9.59 Å². The molecule has 118 valence electrons. The lowest BCUT2D eigenvalue weighted by Gasteiger charge is -2.19. The number of carbonyl (C=O) groups excluding carboxylic acids is 2. The van der Waals surface area contributed by atoms with Crippen LogP contribution in [0.3, 0.4) is 0 Å². The topological polar surface area (TPSA) is 93.4 Å². The summed E-state index contributed by atoms with van der Waals surface area (Å²) in [5, 5.41) is 2.76. The fourth-order valence-electron chi connectivity index (χ4n) is 2.74. The van der Waals surface area contributed by atoms with Gasteiger partial charge in [-0.1, -0.05) is 0 Å². The molecule has 2 saturated heterocycles. The molecule has 3 rings (SSSR count). The first kappa shape index (κ1) is 14.9.